The number of carbonyl (C=O) groups excluding carboxylic acids is 1. The Labute approximate surface area is 157 Å². The van der Waals surface area contributed by atoms with Gasteiger partial charge >= 0.3 is 0 Å². The molecule has 0 aliphatic heterocycles. The summed E-state index contributed by atoms with van der Waals surface area (Å²) in [6.45, 7) is 0. The van der Waals surface area contributed by atoms with E-state index in [-0.39, 0.29) is 5.78 Å². The average Bonchev–Trinajstić information content (AvgIpc) is 2.69. The van der Waals surface area contributed by atoms with Gasteiger partial charge in [-0.3, -0.25) is 4.79 Å². The van der Waals surface area contributed by atoms with Crippen molar-refractivity contribution < 1.29 is 4.79 Å². The molecule has 0 heterocycles. The van der Waals surface area contributed by atoms with Gasteiger partial charge in [0.2, 0.25) is 0 Å². The molecule has 126 valence electrons. The molecule has 0 N–H and O–H groups in total. The normalized spacial score (nSPS) is 10.8. The lowest BCUT2D eigenvalue weighted by Crippen LogP contribution is -2.06. The largest absolute Gasteiger partial charge is 0.289 e. The Morgan fingerprint density at radius 3 is 2.12 bits per heavy atom. The standard InChI is InChI=1S/C24H17ClO/c25-23-15-6-5-14-22(23)24(26)21-13-4-2-9-19(21)16-18-11-7-10-17-8-1-3-12-20(17)18/h1-15H,16H2. The van der Waals surface area contributed by atoms with Gasteiger partial charge in [-0.1, -0.05) is 90.5 Å². The van der Waals surface area contributed by atoms with E-state index in [0.717, 1.165) is 5.56 Å². The molecule has 0 aliphatic carbocycles. The van der Waals surface area contributed by atoms with Gasteiger partial charge in [-0.15, -0.1) is 0 Å². The Hall–Kier alpha value is -2.90. The molecule has 4 aromatic rings. The quantitative estimate of drug-likeness (QED) is 0.391. The minimum absolute atomic E-state index is 0.0357. The van der Waals surface area contributed by atoms with Crippen LogP contribution in [0, 0.1) is 0 Å². The maximum Gasteiger partial charge on any atom is 0.194 e. The Morgan fingerprint density at radius 1 is 0.654 bits per heavy atom. The molecule has 0 amide bonds. The summed E-state index contributed by atoms with van der Waals surface area (Å²) in [5, 5.41) is 2.91. The second-order valence-corrected chi connectivity index (χ2v) is 6.69. The van der Waals surface area contributed by atoms with Crippen molar-refractivity contribution in [2.24, 2.45) is 0 Å². The lowest BCUT2D eigenvalue weighted by Gasteiger charge is -2.12. The molecule has 0 saturated carbocycles. The van der Waals surface area contributed by atoms with Crippen LogP contribution in [0.25, 0.3) is 10.8 Å². The van der Waals surface area contributed by atoms with Gasteiger partial charge in [0.25, 0.3) is 0 Å². The molecule has 0 fully saturated rings. The van der Waals surface area contributed by atoms with Gasteiger partial charge in [0.1, 0.15) is 0 Å². The van der Waals surface area contributed by atoms with Crippen molar-refractivity contribution in [2.45, 2.75) is 6.42 Å². The van der Waals surface area contributed by atoms with Crippen LogP contribution >= 0.6 is 11.6 Å². The minimum Gasteiger partial charge on any atom is -0.289 e. The van der Waals surface area contributed by atoms with Crippen molar-refractivity contribution in [1.29, 1.82) is 0 Å². The van der Waals surface area contributed by atoms with Crippen LogP contribution in [0.1, 0.15) is 27.0 Å². The highest BCUT2D eigenvalue weighted by Gasteiger charge is 2.16. The second kappa shape index (κ2) is 7.15. The van der Waals surface area contributed by atoms with Crippen LogP contribution in [-0.2, 0) is 6.42 Å². The highest BCUT2D eigenvalue weighted by atomic mass is 35.5. The molecule has 0 atom stereocenters. The lowest BCUT2D eigenvalue weighted by molar-refractivity contribution is 0.103. The van der Waals surface area contributed by atoms with Crippen molar-refractivity contribution in [3.05, 3.63) is 118 Å². The molecule has 0 unspecified atom stereocenters. The highest BCUT2D eigenvalue weighted by molar-refractivity contribution is 6.35. The van der Waals surface area contributed by atoms with E-state index in [9.17, 15) is 4.79 Å². The summed E-state index contributed by atoms with van der Waals surface area (Å²) in [5.41, 5.74) is 3.46. The van der Waals surface area contributed by atoms with E-state index in [1.54, 1.807) is 12.1 Å². The first kappa shape index (κ1) is 16.6. The van der Waals surface area contributed by atoms with Gasteiger partial charge in [0, 0.05) is 11.1 Å². The topological polar surface area (TPSA) is 17.1 Å². The Kier molecular flexibility index (Phi) is 4.55. The zero-order valence-electron chi connectivity index (χ0n) is 14.2. The monoisotopic (exact) mass is 356 g/mol. The number of carbonyl (C=O) groups is 1. The summed E-state index contributed by atoms with van der Waals surface area (Å²) in [6.07, 6.45) is 0.702. The third kappa shape index (κ3) is 3.14. The van der Waals surface area contributed by atoms with Crippen LogP contribution in [0.5, 0.6) is 0 Å². The van der Waals surface area contributed by atoms with Crippen molar-refractivity contribution in [3.8, 4) is 0 Å². The summed E-state index contributed by atoms with van der Waals surface area (Å²) in [7, 11) is 0. The predicted molar refractivity (Wildman–Crippen MR) is 108 cm³/mol. The minimum atomic E-state index is -0.0357. The molecule has 2 heteroatoms. The van der Waals surface area contributed by atoms with Gasteiger partial charge in [-0.25, -0.2) is 0 Å². The van der Waals surface area contributed by atoms with E-state index in [0.29, 0.717) is 22.6 Å². The van der Waals surface area contributed by atoms with Crippen molar-refractivity contribution in [3.63, 3.8) is 0 Å². The molecule has 0 aliphatic rings. The van der Waals surface area contributed by atoms with Gasteiger partial charge < -0.3 is 0 Å². The molecule has 0 bridgehead atoms. The van der Waals surface area contributed by atoms with E-state index >= 15 is 0 Å². The first-order chi connectivity index (χ1) is 12.7. The van der Waals surface area contributed by atoms with Crippen molar-refractivity contribution in [2.75, 3.05) is 0 Å². The zero-order chi connectivity index (χ0) is 17.9. The summed E-state index contributed by atoms with van der Waals surface area (Å²) >= 11 is 6.24. The van der Waals surface area contributed by atoms with Crippen LogP contribution in [0.15, 0.2) is 91.0 Å². The molecular formula is C24H17ClO. The fraction of sp³-hybridized carbons (Fsp3) is 0.0417. The summed E-state index contributed by atoms with van der Waals surface area (Å²) in [5.74, 6) is -0.0357. The number of hydrogen-bond acceptors (Lipinski definition) is 1. The second-order valence-electron chi connectivity index (χ2n) is 6.28. The number of rotatable bonds is 4. The molecule has 0 spiro atoms. The maximum absolute atomic E-state index is 13.1. The molecule has 1 nitrogen and oxygen atoms in total. The van der Waals surface area contributed by atoms with E-state index in [2.05, 4.69) is 30.3 Å². The van der Waals surface area contributed by atoms with Gasteiger partial charge in [-0.2, -0.15) is 0 Å². The molecular weight excluding hydrogens is 340 g/mol. The fourth-order valence-corrected chi connectivity index (χ4v) is 3.56. The summed E-state index contributed by atoms with van der Waals surface area (Å²) in [4.78, 5) is 13.1. The molecule has 26 heavy (non-hydrogen) atoms. The van der Waals surface area contributed by atoms with E-state index in [4.69, 9.17) is 11.6 Å². The number of ketones is 1. The van der Waals surface area contributed by atoms with Gasteiger partial charge in [0.15, 0.2) is 5.78 Å². The van der Waals surface area contributed by atoms with E-state index in [1.165, 1.54) is 16.3 Å². The number of halogens is 1. The lowest BCUT2D eigenvalue weighted by atomic mass is 9.92. The van der Waals surface area contributed by atoms with Crippen molar-refractivity contribution >= 4 is 28.2 Å². The molecule has 0 radical (unpaired) electrons. The van der Waals surface area contributed by atoms with E-state index < -0.39 is 0 Å². The fourth-order valence-electron chi connectivity index (χ4n) is 3.34. The number of fused-ring (bicyclic) bond motifs is 1. The van der Waals surface area contributed by atoms with Crippen LogP contribution in [0.2, 0.25) is 5.02 Å². The Morgan fingerprint density at radius 2 is 1.27 bits per heavy atom. The van der Waals surface area contributed by atoms with Crippen LogP contribution in [0.4, 0.5) is 0 Å². The highest BCUT2D eigenvalue weighted by Crippen LogP contribution is 2.25. The number of hydrogen-bond donors (Lipinski definition) is 0. The van der Waals surface area contributed by atoms with Gasteiger partial charge in [-0.05, 0) is 40.5 Å². The first-order valence-electron chi connectivity index (χ1n) is 8.58. The third-order valence-electron chi connectivity index (χ3n) is 4.64. The Bertz CT molecular complexity index is 1090. The summed E-state index contributed by atoms with van der Waals surface area (Å²) < 4.78 is 0. The van der Waals surface area contributed by atoms with Crippen LogP contribution in [0.3, 0.4) is 0 Å². The van der Waals surface area contributed by atoms with Crippen LogP contribution in [-0.4, -0.2) is 5.78 Å². The predicted octanol–water partition coefficient (Wildman–Crippen LogP) is 6.32. The van der Waals surface area contributed by atoms with E-state index in [1.807, 2.05) is 48.5 Å². The first-order valence-corrected chi connectivity index (χ1v) is 8.95. The summed E-state index contributed by atoms with van der Waals surface area (Å²) in [6, 6.07) is 29.6. The maximum atomic E-state index is 13.1. The molecule has 4 rings (SSSR count). The van der Waals surface area contributed by atoms with Crippen molar-refractivity contribution in [1.82, 2.24) is 0 Å². The average molecular weight is 357 g/mol. The van der Waals surface area contributed by atoms with Crippen LogP contribution < -0.4 is 0 Å². The Balaban J connectivity index is 1.77. The molecule has 0 saturated heterocycles. The zero-order valence-corrected chi connectivity index (χ0v) is 14.9. The smallest absolute Gasteiger partial charge is 0.194 e. The SMILES string of the molecule is O=C(c1ccccc1Cl)c1ccccc1Cc1cccc2ccccc12. The number of benzene rings is 4. The third-order valence-corrected chi connectivity index (χ3v) is 4.97. The molecule has 0 aromatic heterocycles. The molecule has 4 aromatic carbocycles. The van der Waals surface area contributed by atoms with Gasteiger partial charge in [0.05, 0.1) is 5.02 Å².